The lowest BCUT2D eigenvalue weighted by atomic mass is 9.78. The predicted molar refractivity (Wildman–Crippen MR) is 227 cm³/mol. The molecule has 1 saturated heterocycles. The van der Waals surface area contributed by atoms with Crippen molar-refractivity contribution < 1.29 is 62.5 Å². The maximum absolute atomic E-state index is 13.6. The van der Waals surface area contributed by atoms with E-state index >= 15 is 0 Å². The normalized spacial score (nSPS) is 35.3. The summed E-state index contributed by atoms with van der Waals surface area (Å²) in [6, 6.07) is 0. The molecule has 3 rings (SSSR count). The van der Waals surface area contributed by atoms with E-state index in [1.165, 1.54) is 11.0 Å². The summed E-state index contributed by atoms with van der Waals surface area (Å²) in [5.74, 6) is -2.55. The highest BCUT2D eigenvalue weighted by Gasteiger charge is 2.59. The second-order valence-corrected chi connectivity index (χ2v) is 17.2. The third-order valence-electron chi connectivity index (χ3n) is 13.0. The summed E-state index contributed by atoms with van der Waals surface area (Å²) in [5, 5.41) is 23.0. The second kappa shape index (κ2) is 24.7. The topological polar surface area (TPSA) is 172 Å². The number of nitrogens with zero attached hydrogens (tertiary/aromatic N) is 1. The number of amides is 1. The van der Waals surface area contributed by atoms with Crippen molar-refractivity contribution in [3.63, 3.8) is 0 Å². The minimum atomic E-state index is -0.978. The third-order valence-corrected chi connectivity index (χ3v) is 13.0. The number of esters is 1. The van der Waals surface area contributed by atoms with Gasteiger partial charge in [0.05, 0.1) is 61.5 Å². The van der Waals surface area contributed by atoms with E-state index in [1.54, 1.807) is 67.9 Å². The number of aliphatic hydroxyl groups is 2. The Kier molecular flexibility index (Phi) is 21.3. The van der Waals surface area contributed by atoms with Crippen molar-refractivity contribution in [2.24, 2.45) is 29.6 Å². The molecule has 0 aliphatic carbocycles. The Morgan fingerprint density at radius 3 is 2.23 bits per heavy atom. The maximum Gasteiger partial charge on any atom is 0.331 e. The summed E-state index contributed by atoms with van der Waals surface area (Å²) in [5.41, 5.74) is -0.141. The van der Waals surface area contributed by atoms with Gasteiger partial charge in [-0.15, -0.1) is 0 Å². The first-order chi connectivity index (χ1) is 28.5. The number of fused-ring (bicyclic) bond motifs is 2. The molecule has 14 nitrogen and oxygen atoms in total. The molecule has 3 aliphatic rings. The van der Waals surface area contributed by atoms with Crippen LogP contribution in [0.2, 0.25) is 0 Å². The quantitative estimate of drug-likeness (QED) is 0.0869. The summed E-state index contributed by atoms with van der Waals surface area (Å²) < 4.78 is 48.7. The summed E-state index contributed by atoms with van der Waals surface area (Å²) in [7, 11) is 9.65. The van der Waals surface area contributed by atoms with Crippen molar-refractivity contribution in [2.75, 3.05) is 49.2 Å². The number of hydrogen-bond donors (Lipinski definition) is 2. The number of epoxide rings is 1. The average molecular weight is 850 g/mol. The number of hydrogen-bond acceptors (Lipinski definition) is 13. The van der Waals surface area contributed by atoms with Gasteiger partial charge in [0, 0.05) is 104 Å². The van der Waals surface area contributed by atoms with Gasteiger partial charge in [-0.25, -0.2) is 4.79 Å². The summed E-state index contributed by atoms with van der Waals surface area (Å²) >= 11 is 0. The number of methoxy groups -OCH3 is 5. The van der Waals surface area contributed by atoms with Crippen LogP contribution in [-0.2, 0) is 52.3 Å². The fourth-order valence-electron chi connectivity index (χ4n) is 8.91. The molecule has 0 aromatic heterocycles. The molecule has 1 spiro atoms. The van der Waals surface area contributed by atoms with E-state index in [1.807, 2.05) is 46.8 Å². The third kappa shape index (κ3) is 14.1. The molecule has 2 N–H and O–H groups in total. The zero-order valence-corrected chi connectivity index (χ0v) is 38.1. The van der Waals surface area contributed by atoms with Crippen LogP contribution < -0.4 is 0 Å². The van der Waals surface area contributed by atoms with Crippen molar-refractivity contribution in [1.29, 1.82) is 0 Å². The molecule has 3 heterocycles. The van der Waals surface area contributed by atoms with Gasteiger partial charge in [0.25, 0.3) is 0 Å². The number of carbonyl (C=O) groups excluding carboxylic acids is 3. The van der Waals surface area contributed by atoms with Crippen LogP contribution in [0.3, 0.4) is 0 Å². The highest BCUT2D eigenvalue weighted by Crippen LogP contribution is 2.43. The summed E-state index contributed by atoms with van der Waals surface area (Å²) in [6.45, 7) is 11.6. The van der Waals surface area contributed by atoms with Crippen LogP contribution in [0.5, 0.6) is 0 Å². The van der Waals surface area contributed by atoms with Crippen LogP contribution in [0.15, 0.2) is 48.2 Å². The molecule has 16 atom stereocenters. The number of Topliss-reactive ketones (excluding diaryl/α,β-unsaturated/α-hetero) is 1. The van der Waals surface area contributed by atoms with Crippen LogP contribution in [-0.4, -0.2) is 149 Å². The van der Waals surface area contributed by atoms with Crippen molar-refractivity contribution in [1.82, 2.24) is 4.90 Å². The van der Waals surface area contributed by atoms with Crippen molar-refractivity contribution in [2.45, 2.75) is 147 Å². The molecule has 3 aliphatic heterocycles. The zero-order valence-electron chi connectivity index (χ0n) is 38.1. The lowest BCUT2D eigenvalue weighted by Gasteiger charge is -2.39. The Hall–Kier alpha value is -2.79. The van der Waals surface area contributed by atoms with Gasteiger partial charge in [0.1, 0.15) is 17.5 Å². The van der Waals surface area contributed by atoms with E-state index in [-0.39, 0.29) is 42.4 Å². The van der Waals surface area contributed by atoms with E-state index in [0.717, 1.165) is 0 Å². The lowest BCUT2D eigenvalue weighted by molar-refractivity contribution is -0.159. The highest BCUT2D eigenvalue weighted by molar-refractivity contribution is 5.82. The largest absolute Gasteiger partial charge is 0.458 e. The van der Waals surface area contributed by atoms with Gasteiger partial charge >= 0.3 is 5.97 Å². The number of cyclic esters (lactones) is 1. The first-order valence-electron chi connectivity index (χ1n) is 21.4. The van der Waals surface area contributed by atoms with Gasteiger partial charge in [0.2, 0.25) is 6.41 Å². The molecule has 14 heteroatoms. The van der Waals surface area contributed by atoms with E-state index in [0.29, 0.717) is 50.7 Å². The van der Waals surface area contributed by atoms with Gasteiger partial charge < -0.3 is 53.0 Å². The number of carbonyl (C=O) groups is 3. The minimum absolute atomic E-state index is 0.00245. The minimum Gasteiger partial charge on any atom is -0.458 e. The molecule has 2 bridgehead atoms. The number of ketones is 1. The first kappa shape index (κ1) is 51.6. The summed E-state index contributed by atoms with van der Waals surface area (Å²) in [4.78, 5) is 39.5. The molecule has 1 fully saturated rings. The molecule has 342 valence electrons. The fourth-order valence-corrected chi connectivity index (χ4v) is 8.91. The summed E-state index contributed by atoms with van der Waals surface area (Å²) in [6.07, 6.45) is 9.91. The Labute approximate surface area is 358 Å². The Morgan fingerprint density at radius 2 is 1.65 bits per heavy atom. The van der Waals surface area contributed by atoms with Crippen LogP contribution in [0.4, 0.5) is 0 Å². The number of allylic oxidation sites excluding steroid dienone is 2. The Balaban J connectivity index is 1.90. The molecule has 60 heavy (non-hydrogen) atoms. The van der Waals surface area contributed by atoms with Gasteiger partial charge in [-0.1, -0.05) is 70.6 Å². The van der Waals surface area contributed by atoms with Gasteiger partial charge in [-0.05, 0) is 25.7 Å². The molecular formula is C46H75NO13. The number of ether oxygens (including phenoxy) is 8. The molecule has 0 saturated carbocycles. The highest BCUT2D eigenvalue weighted by atomic mass is 16.6. The number of aliphatic hydroxyl groups excluding tert-OH is 2. The Morgan fingerprint density at radius 1 is 1.00 bits per heavy atom. The van der Waals surface area contributed by atoms with Crippen molar-refractivity contribution in [3.8, 4) is 0 Å². The zero-order chi connectivity index (χ0) is 44.7. The molecule has 0 radical (unpaired) electrons. The maximum atomic E-state index is 13.6. The average Bonchev–Trinajstić information content (AvgIpc) is 4.05. The Bertz CT molecular complexity index is 1460. The van der Waals surface area contributed by atoms with E-state index in [2.05, 4.69) is 6.08 Å². The van der Waals surface area contributed by atoms with Crippen LogP contribution in [0.25, 0.3) is 0 Å². The van der Waals surface area contributed by atoms with Gasteiger partial charge in [-0.3, -0.25) is 9.59 Å². The van der Waals surface area contributed by atoms with Gasteiger partial charge in [0.15, 0.2) is 0 Å². The first-order valence-corrected chi connectivity index (χ1v) is 21.4. The van der Waals surface area contributed by atoms with Crippen LogP contribution >= 0.6 is 0 Å². The number of rotatable bonds is 17. The van der Waals surface area contributed by atoms with Crippen molar-refractivity contribution >= 4 is 18.2 Å². The molecule has 0 aromatic carbocycles. The van der Waals surface area contributed by atoms with Gasteiger partial charge in [-0.2, -0.15) is 0 Å². The molecule has 1 amide bonds. The van der Waals surface area contributed by atoms with Crippen LogP contribution in [0, 0.1) is 29.6 Å². The second-order valence-electron chi connectivity index (χ2n) is 17.2. The predicted octanol–water partition coefficient (Wildman–Crippen LogP) is 5.00. The monoisotopic (exact) mass is 850 g/mol. The lowest BCUT2D eigenvalue weighted by Crippen LogP contribution is -2.50. The van der Waals surface area contributed by atoms with E-state index in [9.17, 15) is 24.6 Å². The fraction of sp³-hybridized carbons (Fsp3) is 0.761. The van der Waals surface area contributed by atoms with Crippen molar-refractivity contribution in [3.05, 3.63) is 48.2 Å². The van der Waals surface area contributed by atoms with Crippen LogP contribution in [0.1, 0.15) is 80.1 Å². The standard InChI is InChI=1S/C46H75NO13/c1-28-16-19-42(51)60-45(33(6)43(52)29(2)17-18-36(49)31(4)44(57-12)30(3)20-21-47(7)27-48)32(5)38(53-8)25-41(56-11)46(26-58-46)40(55-10)24-35-15-13-14-34(59-35)23-39(54-9)37(50)22-28/h13-14,16,19-22,27,29-35,37-41,43-45,50,52H,15,17-18,23-26H2,1-12H3/b19-16+,21-20+,28-22-/t29-,30+,31-,32-,33-,34-,35-,37?,38+,39+,40-,41-,43-,44?,45-,46-/m0/s1. The van der Waals surface area contributed by atoms with E-state index in [4.69, 9.17) is 37.9 Å². The SMILES string of the molecule is COC([C@H](C)/C=C/N(C)C=O)[C@@H](C)C(=O)CC[C@H](C)[C@H](O)[C@H](C)[C@H]1OC(=O)/C=C/C(C)=C\C(O)[C@H](OC)C[C@@H]2C=CC[C@@H](C[C@H](OC)[C@@]3(CO3)[C@@H](OC)C[C@@H](OC)[C@@H]1C)O2. The smallest absolute Gasteiger partial charge is 0.331 e. The molecule has 0 aromatic rings. The molecular weight excluding hydrogens is 774 g/mol. The van der Waals surface area contributed by atoms with E-state index < -0.39 is 72.1 Å². The molecule has 2 unspecified atom stereocenters.